The molecule has 1 aliphatic heterocycles. The van der Waals surface area contributed by atoms with E-state index in [2.05, 4.69) is 5.32 Å². The van der Waals surface area contributed by atoms with Crippen LogP contribution in [0.2, 0.25) is 5.02 Å². The lowest BCUT2D eigenvalue weighted by Crippen LogP contribution is -2.32. The van der Waals surface area contributed by atoms with Gasteiger partial charge in [0.15, 0.2) is 0 Å². The standard InChI is InChI=1S/C12H15ClN2O/c1-9-10(13)3-2-4-11(9)15-8-7-14-6-5-12(15)16/h2-4,14H,5-8H2,1H3. The Bertz CT molecular complexity index is 406. The normalized spacial score (nSPS) is 17.4. The summed E-state index contributed by atoms with van der Waals surface area (Å²) in [6, 6.07) is 5.68. The van der Waals surface area contributed by atoms with Crippen LogP contribution in [0.1, 0.15) is 12.0 Å². The van der Waals surface area contributed by atoms with Gasteiger partial charge in [-0.3, -0.25) is 4.79 Å². The summed E-state index contributed by atoms with van der Waals surface area (Å²) in [4.78, 5) is 13.7. The van der Waals surface area contributed by atoms with E-state index in [4.69, 9.17) is 11.6 Å². The fourth-order valence-corrected chi connectivity index (χ4v) is 2.08. The van der Waals surface area contributed by atoms with Crippen LogP contribution in [0.5, 0.6) is 0 Å². The summed E-state index contributed by atoms with van der Waals surface area (Å²) in [7, 11) is 0. The van der Waals surface area contributed by atoms with Gasteiger partial charge in [0.25, 0.3) is 0 Å². The molecule has 0 radical (unpaired) electrons. The van der Waals surface area contributed by atoms with Gasteiger partial charge in [-0.05, 0) is 24.6 Å². The van der Waals surface area contributed by atoms with Gasteiger partial charge in [0, 0.05) is 36.8 Å². The quantitative estimate of drug-likeness (QED) is 0.812. The lowest BCUT2D eigenvalue weighted by atomic mass is 10.1. The Morgan fingerprint density at radius 2 is 2.19 bits per heavy atom. The fourth-order valence-electron chi connectivity index (χ4n) is 1.91. The lowest BCUT2D eigenvalue weighted by Gasteiger charge is -2.22. The highest BCUT2D eigenvalue weighted by Crippen LogP contribution is 2.27. The summed E-state index contributed by atoms with van der Waals surface area (Å²) in [6.07, 6.45) is 0.548. The van der Waals surface area contributed by atoms with Gasteiger partial charge in [-0.25, -0.2) is 0 Å². The van der Waals surface area contributed by atoms with E-state index >= 15 is 0 Å². The molecule has 0 aromatic heterocycles. The molecule has 1 aliphatic rings. The van der Waals surface area contributed by atoms with Crippen LogP contribution in [0.25, 0.3) is 0 Å². The van der Waals surface area contributed by atoms with E-state index in [-0.39, 0.29) is 5.91 Å². The van der Waals surface area contributed by atoms with E-state index in [0.717, 1.165) is 24.3 Å². The minimum absolute atomic E-state index is 0.162. The first-order chi connectivity index (χ1) is 7.70. The number of rotatable bonds is 1. The Kier molecular flexibility index (Phi) is 3.46. The summed E-state index contributed by atoms with van der Waals surface area (Å²) in [5.41, 5.74) is 1.90. The van der Waals surface area contributed by atoms with Crippen molar-refractivity contribution in [3.8, 4) is 0 Å². The van der Waals surface area contributed by atoms with E-state index in [1.165, 1.54) is 0 Å². The highest BCUT2D eigenvalue weighted by molar-refractivity contribution is 6.31. The molecule has 1 N–H and O–H groups in total. The predicted octanol–water partition coefficient (Wildman–Crippen LogP) is 1.97. The molecule has 1 saturated heterocycles. The first-order valence-electron chi connectivity index (χ1n) is 5.46. The van der Waals surface area contributed by atoms with E-state index in [1.54, 1.807) is 0 Å². The van der Waals surface area contributed by atoms with Gasteiger partial charge < -0.3 is 10.2 Å². The molecule has 1 heterocycles. The zero-order valence-electron chi connectivity index (χ0n) is 9.29. The van der Waals surface area contributed by atoms with E-state index in [9.17, 15) is 4.79 Å². The van der Waals surface area contributed by atoms with Crippen LogP contribution in [-0.4, -0.2) is 25.5 Å². The number of amides is 1. The molecular formula is C12H15ClN2O. The number of carbonyl (C=O) groups excluding carboxylic acids is 1. The maximum atomic E-state index is 11.9. The van der Waals surface area contributed by atoms with Crippen molar-refractivity contribution in [2.75, 3.05) is 24.5 Å². The van der Waals surface area contributed by atoms with Crippen LogP contribution in [-0.2, 0) is 4.79 Å². The van der Waals surface area contributed by atoms with E-state index < -0.39 is 0 Å². The second-order valence-corrected chi connectivity index (χ2v) is 4.34. The molecule has 3 nitrogen and oxygen atoms in total. The maximum Gasteiger partial charge on any atom is 0.228 e. The highest BCUT2D eigenvalue weighted by atomic mass is 35.5. The average Bonchev–Trinajstić information content (AvgIpc) is 2.47. The predicted molar refractivity (Wildman–Crippen MR) is 66.0 cm³/mol. The Morgan fingerprint density at radius 3 is 3.00 bits per heavy atom. The summed E-state index contributed by atoms with van der Waals surface area (Å²) in [6.45, 7) is 4.25. The van der Waals surface area contributed by atoms with Crippen molar-refractivity contribution in [2.45, 2.75) is 13.3 Å². The Hall–Kier alpha value is -1.06. The topological polar surface area (TPSA) is 32.3 Å². The third kappa shape index (κ3) is 2.20. The van der Waals surface area contributed by atoms with Crippen LogP contribution in [0.15, 0.2) is 18.2 Å². The SMILES string of the molecule is Cc1c(Cl)cccc1N1CCNCCC1=O. The first-order valence-corrected chi connectivity index (χ1v) is 5.84. The molecule has 1 aromatic rings. The molecule has 1 amide bonds. The monoisotopic (exact) mass is 238 g/mol. The smallest absolute Gasteiger partial charge is 0.228 e. The van der Waals surface area contributed by atoms with Crippen molar-refractivity contribution < 1.29 is 4.79 Å². The third-order valence-corrected chi connectivity index (χ3v) is 3.27. The number of hydrogen-bond donors (Lipinski definition) is 1. The average molecular weight is 239 g/mol. The van der Waals surface area contributed by atoms with Crippen molar-refractivity contribution in [3.05, 3.63) is 28.8 Å². The molecule has 4 heteroatoms. The van der Waals surface area contributed by atoms with Gasteiger partial charge in [-0.15, -0.1) is 0 Å². The molecule has 0 spiro atoms. The molecule has 2 rings (SSSR count). The van der Waals surface area contributed by atoms with Crippen LogP contribution in [0.4, 0.5) is 5.69 Å². The zero-order valence-corrected chi connectivity index (χ0v) is 10.0. The molecule has 0 unspecified atom stereocenters. The number of benzene rings is 1. The van der Waals surface area contributed by atoms with Gasteiger partial charge in [0.1, 0.15) is 0 Å². The van der Waals surface area contributed by atoms with Crippen molar-refractivity contribution in [3.63, 3.8) is 0 Å². The van der Waals surface area contributed by atoms with Gasteiger partial charge in [-0.1, -0.05) is 17.7 Å². The minimum Gasteiger partial charge on any atom is -0.314 e. The molecule has 16 heavy (non-hydrogen) atoms. The fraction of sp³-hybridized carbons (Fsp3) is 0.417. The van der Waals surface area contributed by atoms with Gasteiger partial charge >= 0.3 is 0 Å². The second kappa shape index (κ2) is 4.85. The van der Waals surface area contributed by atoms with Gasteiger partial charge in [0.2, 0.25) is 5.91 Å². The van der Waals surface area contributed by atoms with Crippen molar-refractivity contribution in [1.29, 1.82) is 0 Å². The lowest BCUT2D eigenvalue weighted by molar-refractivity contribution is -0.118. The van der Waals surface area contributed by atoms with Crippen LogP contribution in [0.3, 0.4) is 0 Å². The van der Waals surface area contributed by atoms with Gasteiger partial charge in [-0.2, -0.15) is 0 Å². The van der Waals surface area contributed by atoms with Crippen molar-refractivity contribution in [2.24, 2.45) is 0 Å². The zero-order chi connectivity index (χ0) is 11.5. The van der Waals surface area contributed by atoms with Crippen LogP contribution in [0, 0.1) is 6.92 Å². The number of nitrogens with one attached hydrogen (secondary N) is 1. The number of hydrogen-bond acceptors (Lipinski definition) is 2. The third-order valence-electron chi connectivity index (χ3n) is 2.86. The first kappa shape index (κ1) is 11.4. The highest BCUT2D eigenvalue weighted by Gasteiger charge is 2.19. The molecule has 86 valence electrons. The molecule has 0 saturated carbocycles. The largest absolute Gasteiger partial charge is 0.314 e. The van der Waals surface area contributed by atoms with E-state index in [0.29, 0.717) is 18.0 Å². The van der Waals surface area contributed by atoms with Crippen LogP contribution >= 0.6 is 11.6 Å². The van der Waals surface area contributed by atoms with Crippen molar-refractivity contribution in [1.82, 2.24) is 5.32 Å². The Morgan fingerprint density at radius 1 is 1.38 bits per heavy atom. The number of anilines is 1. The van der Waals surface area contributed by atoms with E-state index in [1.807, 2.05) is 30.0 Å². The molecule has 1 fully saturated rings. The summed E-state index contributed by atoms with van der Waals surface area (Å²) in [5, 5.41) is 3.93. The second-order valence-electron chi connectivity index (χ2n) is 3.93. The molecule has 0 aliphatic carbocycles. The molecule has 0 atom stereocenters. The van der Waals surface area contributed by atoms with Gasteiger partial charge in [0.05, 0.1) is 0 Å². The Balaban J connectivity index is 2.34. The maximum absolute atomic E-state index is 11.9. The Labute approximate surface area is 100 Å². The van der Waals surface area contributed by atoms with Crippen molar-refractivity contribution >= 4 is 23.2 Å². The molecule has 0 bridgehead atoms. The number of nitrogens with zero attached hydrogens (tertiary/aromatic N) is 1. The summed E-state index contributed by atoms with van der Waals surface area (Å²) in [5.74, 6) is 0.162. The minimum atomic E-state index is 0.162. The number of carbonyl (C=O) groups is 1. The summed E-state index contributed by atoms with van der Waals surface area (Å²) >= 11 is 6.07. The van der Waals surface area contributed by atoms with Crippen LogP contribution < -0.4 is 10.2 Å². The molecular weight excluding hydrogens is 224 g/mol. The number of halogens is 1. The molecule has 1 aromatic carbocycles. The summed E-state index contributed by atoms with van der Waals surface area (Å²) < 4.78 is 0.